The third-order valence-corrected chi connectivity index (χ3v) is 4.27. The highest BCUT2D eigenvalue weighted by Crippen LogP contribution is 2.25. The molecule has 0 bridgehead atoms. The van der Waals surface area contributed by atoms with E-state index in [4.69, 9.17) is 11.6 Å². The molecular weight excluding hydrogens is 294 g/mol. The van der Waals surface area contributed by atoms with E-state index in [-0.39, 0.29) is 0 Å². The molecule has 0 aliphatic rings. The molecule has 2 heterocycles. The van der Waals surface area contributed by atoms with Crippen LogP contribution in [0.15, 0.2) is 11.7 Å². The maximum atomic E-state index is 6.00. The Morgan fingerprint density at radius 2 is 2.15 bits per heavy atom. The van der Waals surface area contributed by atoms with Gasteiger partial charge < -0.3 is 10.6 Å². The van der Waals surface area contributed by atoms with E-state index in [2.05, 4.69) is 44.8 Å². The van der Waals surface area contributed by atoms with Crippen LogP contribution in [0, 0.1) is 0 Å². The molecule has 0 fully saturated rings. The van der Waals surface area contributed by atoms with E-state index in [9.17, 15) is 0 Å². The second kappa shape index (κ2) is 6.85. The molecule has 2 aromatic rings. The number of halogens is 1. The molecule has 2 N–H and O–H groups in total. The second-order valence-corrected chi connectivity index (χ2v) is 5.89. The Balaban J connectivity index is 1.94. The lowest BCUT2D eigenvalue weighted by Crippen LogP contribution is -2.09. The standard InChI is InChI=1S/C13H18ClN5S/c1-8(2)13-19-9(6-20-13)4-5-16-12-10(15-3)11(14)17-7-18-12/h6-8,15H,4-5H2,1-3H3,(H,16,17,18). The SMILES string of the molecule is CNc1c(Cl)ncnc1NCCc1csc(C(C)C)n1. The van der Waals surface area contributed by atoms with Gasteiger partial charge in [-0.2, -0.15) is 0 Å². The van der Waals surface area contributed by atoms with Gasteiger partial charge in [-0.25, -0.2) is 15.0 Å². The van der Waals surface area contributed by atoms with Crippen molar-refractivity contribution < 1.29 is 0 Å². The summed E-state index contributed by atoms with van der Waals surface area (Å²) in [6.07, 6.45) is 2.30. The molecule has 5 nitrogen and oxygen atoms in total. The van der Waals surface area contributed by atoms with Crippen molar-refractivity contribution in [1.82, 2.24) is 15.0 Å². The molecule has 108 valence electrons. The van der Waals surface area contributed by atoms with Crippen LogP contribution < -0.4 is 10.6 Å². The first-order chi connectivity index (χ1) is 9.61. The summed E-state index contributed by atoms with van der Waals surface area (Å²) in [5.74, 6) is 1.20. The molecule has 0 aliphatic heterocycles. The summed E-state index contributed by atoms with van der Waals surface area (Å²) in [4.78, 5) is 12.7. The average Bonchev–Trinajstić information content (AvgIpc) is 2.88. The number of anilines is 2. The van der Waals surface area contributed by atoms with Crippen molar-refractivity contribution in [3.05, 3.63) is 27.6 Å². The first-order valence-electron chi connectivity index (χ1n) is 6.48. The van der Waals surface area contributed by atoms with Gasteiger partial charge in [0.15, 0.2) is 11.0 Å². The topological polar surface area (TPSA) is 62.7 Å². The quantitative estimate of drug-likeness (QED) is 0.801. The van der Waals surface area contributed by atoms with Gasteiger partial charge >= 0.3 is 0 Å². The summed E-state index contributed by atoms with van der Waals surface area (Å²) < 4.78 is 0. The number of aromatic nitrogens is 3. The van der Waals surface area contributed by atoms with Crippen LogP contribution in [0.3, 0.4) is 0 Å². The molecule has 0 amide bonds. The van der Waals surface area contributed by atoms with Gasteiger partial charge in [-0.05, 0) is 0 Å². The highest BCUT2D eigenvalue weighted by atomic mass is 35.5. The first kappa shape index (κ1) is 15.0. The zero-order valence-electron chi connectivity index (χ0n) is 11.8. The molecule has 2 aromatic heterocycles. The highest BCUT2D eigenvalue weighted by Gasteiger charge is 2.09. The van der Waals surface area contributed by atoms with Crippen LogP contribution in [-0.2, 0) is 6.42 Å². The number of hydrogen-bond acceptors (Lipinski definition) is 6. The number of thiazole rings is 1. The average molecular weight is 312 g/mol. The van der Waals surface area contributed by atoms with Crippen LogP contribution in [0.25, 0.3) is 0 Å². The van der Waals surface area contributed by atoms with Crippen molar-refractivity contribution in [2.75, 3.05) is 24.2 Å². The largest absolute Gasteiger partial charge is 0.383 e. The molecule has 0 saturated carbocycles. The van der Waals surface area contributed by atoms with Gasteiger partial charge in [-0.15, -0.1) is 11.3 Å². The maximum Gasteiger partial charge on any atom is 0.157 e. The van der Waals surface area contributed by atoms with E-state index in [1.807, 2.05) is 0 Å². The fourth-order valence-corrected chi connectivity index (χ4v) is 2.83. The number of rotatable bonds is 6. The zero-order chi connectivity index (χ0) is 14.5. The van der Waals surface area contributed by atoms with Crippen molar-refractivity contribution in [3.8, 4) is 0 Å². The lowest BCUT2D eigenvalue weighted by molar-refractivity contribution is 0.835. The van der Waals surface area contributed by atoms with Crippen molar-refractivity contribution in [1.29, 1.82) is 0 Å². The van der Waals surface area contributed by atoms with Gasteiger partial charge in [0.2, 0.25) is 0 Å². The zero-order valence-corrected chi connectivity index (χ0v) is 13.3. The van der Waals surface area contributed by atoms with Gasteiger partial charge in [0, 0.05) is 31.3 Å². The smallest absolute Gasteiger partial charge is 0.157 e. The van der Waals surface area contributed by atoms with Crippen molar-refractivity contribution in [2.45, 2.75) is 26.2 Å². The normalized spacial score (nSPS) is 10.8. The highest BCUT2D eigenvalue weighted by molar-refractivity contribution is 7.09. The summed E-state index contributed by atoms with van der Waals surface area (Å²) in [5.41, 5.74) is 1.83. The Morgan fingerprint density at radius 1 is 1.35 bits per heavy atom. The summed E-state index contributed by atoms with van der Waals surface area (Å²) in [7, 11) is 1.80. The van der Waals surface area contributed by atoms with E-state index < -0.39 is 0 Å². The number of nitrogens with one attached hydrogen (secondary N) is 2. The van der Waals surface area contributed by atoms with Crippen molar-refractivity contribution >= 4 is 34.4 Å². The van der Waals surface area contributed by atoms with Crippen molar-refractivity contribution in [3.63, 3.8) is 0 Å². The number of hydrogen-bond donors (Lipinski definition) is 2. The lowest BCUT2D eigenvalue weighted by atomic mass is 10.2. The molecule has 0 atom stereocenters. The lowest BCUT2D eigenvalue weighted by Gasteiger charge is -2.10. The Hall–Kier alpha value is -1.40. The van der Waals surface area contributed by atoms with E-state index in [1.165, 1.54) is 11.3 Å². The van der Waals surface area contributed by atoms with Crippen LogP contribution >= 0.6 is 22.9 Å². The second-order valence-electron chi connectivity index (χ2n) is 4.65. The van der Waals surface area contributed by atoms with E-state index in [1.54, 1.807) is 18.4 Å². The fourth-order valence-electron chi connectivity index (χ4n) is 1.73. The minimum absolute atomic E-state index is 0.417. The third kappa shape index (κ3) is 3.58. The molecule has 0 saturated heterocycles. The van der Waals surface area contributed by atoms with E-state index >= 15 is 0 Å². The van der Waals surface area contributed by atoms with Gasteiger partial charge in [-0.1, -0.05) is 25.4 Å². The molecular formula is C13H18ClN5S. The predicted molar refractivity (Wildman–Crippen MR) is 85.0 cm³/mol. The van der Waals surface area contributed by atoms with Gasteiger partial charge in [0.05, 0.1) is 10.7 Å². The Morgan fingerprint density at radius 3 is 2.80 bits per heavy atom. The number of nitrogens with zero attached hydrogens (tertiary/aromatic N) is 3. The minimum Gasteiger partial charge on any atom is -0.383 e. The summed E-state index contributed by atoms with van der Waals surface area (Å²) >= 11 is 7.72. The maximum absolute atomic E-state index is 6.00. The molecule has 0 radical (unpaired) electrons. The molecule has 7 heteroatoms. The van der Waals surface area contributed by atoms with Gasteiger partial charge in [-0.3, -0.25) is 0 Å². The van der Waals surface area contributed by atoms with Crippen LogP contribution in [0.5, 0.6) is 0 Å². The first-order valence-corrected chi connectivity index (χ1v) is 7.74. The molecule has 20 heavy (non-hydrogen) atoms. The Bertz CT molecular complexity index is 570. The third-order valence-electron chi connectivity index (χ3n) is 2.79. The predicted octanol–water partition coefficient (Wildman–Crippen LogP) is 3.41. The van der Waals surface area contributed by atoms with Gasteiger partial charge in [0.25, 0.3) is 0 Å². The minimum atomic E-state index is 0.417. The molecule has 0 unspecified atom stereocenters. The molecule has 0 spiro atoms. The van der Waals surface area contributed by atoms with Crippen LogP contribution in [0.4, 0.5) is 11.5 Å². The van der Waals surface area contributed by atoms with Crippen molar-refractivity contribution in [2.24, 2.45) is 0 Å². The Kier molecular flexibility index (Phi) is 5.14. The molecule has 2 rings (SSSR count). The summed E-state index contributed by atoms with van der Waals surface area (Å²) in [6, 6.07) is 0. The molecule has 0 aliphatic carbocycles. The fraction of sp³-hybridized carbons (Fsp3) is 0.462. The Labute approximate surface area is 127 Å². The summed E-state index contributed by atoms with van der Waals surface area (Å²) in [6.45, 7) is 5.06. The van der Waals surface area contributed by atoms with Crippen LogP contribution in [0.1, 0.15) is 30.5 Å². The van der Waals surface area contributed by atoms with Crippen LogP contribution in [0.2, 0.25) is 5.15 Å². The monoisotopic (exact) mass is 311 g/mol. The van der Waals surface area contributed by atoms with Crippen LogP contribution in [-0.4, -0.2) is 28.5 Å². The summed E-state index contributed by atoms with van der Waals surface area (Å²) in [5, 5.41) is 9.97. The van der Waals surface area contributed by atoms with E-state index in [0.717, 1.165) is 24.3 Å². The molecule has 0 aromatic carbocycles. The van der Waals surface area contributed by atoms with Gasteiger partial charge in [0.1, 0.15) is 12.0 Å². The van der Waals surface area contributed by atoms with E-state index in [0.29, 0.717) is 16.9 Å².